The van der Waals surface area contributed by atoms with Crippen LogP contribution >= 0.6 is 34.0 Å². The Hall–Kier alpha value is -7.22. The van der Waals surface area contributed by atoms with Gasteiger partial charge in [0.2, 0.25) is 0 Å². The minimum atomic E-state index is -6.01. The average molecular weight is 955 g/mol. The van der Waals surface area contributed by atoms with Crippen LogP contribution in [-0.2, 0) is 10.1 Å². The molecule has 0 unspecified atom stereocenters. The van der Waals surface area contributed by atoms with Gasteiger partial charge in [-0.05, 0) is 108 Å². The van der Waals surface area contributed by atoms with E-state index in [2.05, 4.69) is 108 Å². The Morgan fingerprint density at radius 2 is 0.881 bits per heavy atom. The first-order valence-electron chi connectivity index (χ1n) is 21.2. The molecule has 5 nitrogen and oxygen atoms in total. The second-order valence-corrected chi connectivity index (χ2v) is 20.8. The number of hydrogen-bond donors (Lipinski definition) is 0. The van der Waals surface area contributed by atoms with E-state index in [4.69, 9.17) is 4.18 Å². The zero-order valence-electron chi connectivity index (χ0n) is 34.9. The van der Waals surface area contributed by atoms with Gasteiger partial charge in [-0.2, -0.15) is 21.6 Å². The van der Waals surface area contributed by atoms with Gasteiger partial charge < -0.3 is 14.0 Å². The van der Waals surface area contributed by atoms with Gasteiger partial charge in [0, 0.05) is 90.3 Å². The predicted octanol–water partition coefficient (Wildman–Crippen LogP) is 17.6. The summed E-state index contributed by atoms with van der Waals surface area (Å²) in [4.78, 5) is 4.19. The summed E-state index contributed by atoms with van der Waals surface area (Å²) in [5.74, 6) is -0.451. The molecule has 67 heavy (non-hydrogen) atoms. The standard InChI is InChI=1S/C55H33F3N2O3S4/c56-55(57,58)67(61,62)63-41-32-47-45-29-35(34-19-22-38(23-20-34)59(36-11-3-1-4-12-36)39-25-28-51-46(30-39)43-16-8-10-18-50(43)64-51)21-27-52(45)66-54(47)48(33-41)60(37-13-5-2-6-14-37)40-24-26-44-42-15-7-9-17-49(42)65-53(44)31-40/h1-33H. The highest BCUT2D eigenvalue weighted by Crippen LogP contribution is 2.49. The largest absolute Gasteiger partial charge is 0.534 e. The molecule has 0 aliphatic carbocycles. The molecule has 0 saturated carbocycles. The number of benzene rings is 9. The first-order valence-corrected chi connectivity index (χ1v) is 25.1. The van der Waals surface area contributed by atoms with E-state index in [-0.39, 0.29) is 0 Å². The maximum atomic E-state index is 13.9. The van der Waals surface area contributed by atoms with Crippen molar-refractivity contribution >= 4 is 139 Å². The van der Waals surface area contributed by atoms with Gasteiger partial charge in [-0.15, -0.1) is 34.0 Å². The Bertz CT molecular complexity index is 3980. The summed E-state index contributed by atoms with van der Waals surface area (Å²) < 4.78 is 78.3. The molecule has 12 rings (SSSR count). The van der Waals surface area contributed by atoms with Crippen LogP contribution in [0.2, 0.25) is 0 Å². The number of anilines is 6. The fourth-order valence-electron chi connectivity index (χ4n) is 8.94. The molecule has 0 saturated heterocycles. The lowest BCUT2D eigenvalue weighted by molar-refractivity contribution is -0.0500. The van der Waals surface area contributed by atoms with E-state index in [0.717, 1.165) is 74.5 Å². The Labute approximate surface area is 394 Å². The van der Waals surface area contributed by atoms with E-state index in [1.54, 1.807) is 22.7 Å². The topological polar surface area (TPSA) is 49.9 Å². The van der Waals surface area contributed by atoms with E-state index in [1.807, 2.05) is 89.8 Å². The molecule has 0 amide bonds. The first kappa shape index (κ1) is 41.2. The van der Waals surface area contributed by atoms with Gasteiger partial charge in [-0.3, -0.25) is 0 Å². The first-order chi connectivity index (χ1) is 32.6. The summed E-state index contributed by atoms with van der Waals surface area (Å²) in [6, 6.07) is 66.2. The van der Waals surface area contributed by atoms with Crippen LogP contribution in [0.25, 0.3) is 71.6 Å². The van der Waals surface area contributed by atoms with Crippen molar-refractivity contribution in [2.45, 2.75) is 5.51 Å². The van der Waals surface area contributed by atoms with E-state index < -0.39 is 21.4 Å². The van der Waals surface area contributed by atoms with Gasteiger partial charge in [0.05, 0.1) is 10.4 Å². The number of para-hydroxylation sites is 2. The lowest BCUT2D eigenvalue weighted by Gasteiger charge is -2.26. The molecule has 12 heteroatoms. The zero-order valence-corrected chi connectivity index (χ0v) is 38.2. The molecule has 0 spiro atoms. The van der Waals surface area contributed by atoms with Crippen LogP contribution in [0.15, 0.2) is 200 Å². The van der Waals surface area contributed by atoms with Crippen molar-refractivity contribution in [1.82, 2.24) is 0 Å². The molecule has 0 aliphatic rings. The van der Waals surface area contributed by atoms with Gasteiger partial charge in [-0.1, -0.05) is 97.1 Å². The highest BCUT2D eigenvalue weighted by Gasteiger charge is 2.48. The van der Waals surface area contributed by atoms with E-state index in [0.29, 0.717) is 11.1 Å². The highest BCUT2D eigenvalue weighted by atomic mass is 32.2. The minimum Gasteiger partial charge on any atom is -0.376 e. The summed E-state index contributed by atoms with van der Waals surface area (Å²) in [7, 11) is -6.01. The smallest absolute Gasteiger partial charge is 0.376 e. The Balaban J connectivity index is 0.993. The fraction of sp³-hybridized carbons (Fsp3) is 0.0182. The monoisotopic (exact) mass is 954 g/mol. The van der Waals surface area contributed by atoms with E-state index >= 15 is 0 Å². The van der Waals surface area contributed by atoms with Crippen LogP contribution in [0.1, 0.15) is 0 Å². The maximum absolute atomic E-state index is 13.9. The summed E-state index contributed by atoms with van der Waals surface area (Å²) in [5.41, 5.74) is 1.10. The Morgan fingerprint density at radius 3 is 1.58 bits per heavy atom. The second kappa shape index (κ2) is 16.0. The molecule has 0 bridgehead atoms. The number of nitrogens with zero attached hydrogens (tertiary/aromatic N) is 2. The average Bonchev–Trinajstić information content (AvgIpc) is 4.03. The molecule has 0 aliphatic heterocycles. The normalized spacial score (nSPS) is 12.2. The number of halogens is 3. The van der Waals surface area contributed by atoms with Crippen molar-refractivity contribution in [3.8, 4) is 16.9 Å². The summed E-state index contributed by atoms with van der Waals surface area (Å²) in [6.07, 6.45) is 0. The number of rotatable bonds is 9. The minimum absolute atomic E-state index is 0.451. The Morgan fingerprint density at radius 1 is 0.388 bits per heavy atom. The van der Waals surface area contributed by atoms with Gasteiger partial charge in [0.1, 0.15) is 5.75 Å². The van der Waals surface area contributed by atoms with Crippen LogP contribution in [-0.4, -0.2) is 13.9 Å². The van der Waals surface area contributed by atoms with Gasteiger partial charge in [-0.25, -0.2) is 0 Å². The quantitative estimate of drug-likeness (QED) is 0.107. The molecule has 326 valence electrons. The number of hydrogen-bond acceptors (Lipinski definition) is 8. The third kappa shape index (κ3) is 7.24. The lowest BCUT2D eigenvalue weighted by Crippen LogP contribution is -2.28. The van der Waals surface area contributed by atoms with Crippen molar-refractivity contribution in [2.24, 2.45) is 0 Å². The predicted molar refractivity (Wildman–Crippen MR) is 276 cm³/mol. The molecule has 0 atom stereocenters. The number of alkyl halides is 3. The molecular weight excluding hydrogens is 922 g/mol. The maximum Gasteiger partial charge on any atom is 0.534 e. The van der Waals surface area contributed by atoms with Crippen LogP contribution < -0.4 is 14.0 Å². The van der Waals surface area contributed by atoms with Crippen molar-refractivity contribution in [2.75, 3.05) is 9.80 Å². The van der Waals surface area contributed by atoms with Crippen LogP contribution in [0.4, 0.5) is 47.3 Å². The number of thiophene rings is 3. The Kier molecular flexibility index (Phi) is 9.84. The molecule has 0 N–H and O–H groups in total. The van der Waals surface area contributed by atoms with Crippen molar-refractivity contribution in [3.63, 3.8) is 0 Å². The summed E-state index contributed by atoms with van der Waals surface area (Å²) >= 11 is 4.91. The van der Waals surface area contributed by atoms with Gasteiger partial charge >= 0.3 is 15.6 Å². The third-order valence-electron chi connectivity index (χ3n) is 12.0. The molecule has 12 aromatic rings. The lowest BCUT2D eigenvalue weighted by atomic mass is 10.0. The summed E-state index contributed by atoms with van der Waals surface area (Å²) in [5, 5.41) is 5.93. The molecular formula is C55H33F3N2O3S4. The van der Waals surface area contributed by atoms with Crippen molar-refractivity contribution in [1.29, 1.82) is 0 Å². The molecule has 0 fully saturated rings. The van der Waals surface area contributed by atoms with Crippen LogP contribution in [0, 0.1) is 0 Å². The van der Waals surface area contributed by atoms with Crippen molar-refractivity contribution in [3.05, 3.63) is 200 Å². The van der Waals surface area contributed by atoms with E-state index in [9.17, 15) is 21.6 Å². The van der Waals surface area contributed by atoms with Crippen LogP contribution in [0.3, 0.4) is 0 Å². The molecule has 9 aromatic carbocycles. The molecule has 0 radical (unpaired) electrons. The zero-order chi connectivity index (χ0) is 45.4. The second-order valence-electron chi connectivity index (χ2n) is 16.1. The van der Waals surface area contributed by atoms with Crippen molar-refractivity contribution < 1.29 is 25.8 Å². The highest BCUT2D eigenvalue weighted by molar-refractivity contribution is 7.88. The third-order valence-corrected chi connectivity index (χ3v) is 16.5. The number of fused-ring (bicyclic) bond motifs is 9. The fourth-order valence-corrected chi connectivity index (χ4v) is 12.8. The van der Waals surface area contributed by atoms with Gasteiger partial charge in [0.25, 0.3) is 0 Å². The molecule has 3 heterocycles. The summed E-state index contributed by atoms with van der Waals surface area (Å²) in [6.45, 7) is 0. The van der Waals surface area contributed by atoms with Crippen LogP contribution in [0.5, 0.6) is 5.75 Å². The van der Waals surface area contributed by atoms with E-state index in [1.165, 1.54) is 43.6 Å². The van der Waals surface area contributed by atoms with Gasteiger partial charge in [0.15, 0.2) is 0 Å². The molecule has 3 aromatic heterocycles. The SMILES string of the molecule is O=S(=O)(Oc1cc(N(c2ccccc2)c2ccc3c(c2)sc2ccccc23)c2sc3ccc(-c4ccc(N(c5ccccc5)c5ccc6sc7ccccc7c6c5)cc4)cc3c2c1)C(F)(F)F.